The second-order valence-corrected chi connectivity index (χ2v) is 3.52. The van der Waals surface area contributed by atoms with Gasteiger partial charge in [0.25, 0.3) is 0 Å². The highest BCUT2D eigenvalue weighted by Gasteiger charge is 2.36. The molecule has 0 spiro atoms. The van der Waals surface area contributed by atoms with Crippen LogP contribution in [0.1, 0.15) is 11.1 Å². The van der Waals surface area contributed by atoms with Crippen LogP contribution in [-0.4, -0.2) is 27.3 Å². The molecule has 0 aromatic heterocycles. The summed E-state index contributed by atoms with van der Waals surface area (Å²) in [7, 11) is 0. The summed E-state index contributed by atoms with van der Waals surface area (Å²) >= 11 is 0. The minimum Gasteiger partial charge on any atom is -0.478 e. The summed E-state index contributed by atoms with van der Waals surface area (Å²) in [6, 6.07) is 4.94. The van der Waals surface area contributed by atoms with Crippen molar-refractivity contribution in [3.05, 3.63) is 35.4 Å². The number of aliphatic carboxylic acids is 1. The summed E-state index contributed by atoms with van der Waals surface area (Å²) in [5.41, 5.74) is 1.19. The largest absolute Gasteiger partial charge is 0.478 e. The third kappa shape index (κ3) is 2.05. The van der Waals surface area contributed by atoms with Crippen LogP contribution in [0.5, 0.6) is 5.75 Å². The van der Waals surface area contributed by atoms with E-state index in [0.29, 0.717) is 16.9 Å². The van der Waals surface area contributed by atoms with Gasteiger partial charge in [0.15, 0.2) is 0 Å². The van der Waals surface area contributed by atoms with Gasteiger partial charge in [-0.15, -0.1) is 0 Å². The summed E-state index contributed by atoms with van der Waals surface area (Å²) in [4.78, 5) is 10.4. The lowest BCUT2D eigenvalue weighted by molar-refractivity contribution is -0.279. The molecule has 0 saturated carbocycles. The lowest BCUT2D eigenvalue weighted by Crippen LogP contribution is -2.32. The number of hydrogen-bond acceptors (Lipinski definition) is 4. The topological polar surface area (TPSA) is 87.0 Å². The number of benzene rings is 1. The third-order valence-corrected chi connectivity index (χ3v) is 2.26. The van der Waals surface area contributed by atoms with E-state index in [4.69, 9.17) is 9.84 Å². The number of rotatable bonds is 2. The number of aliphatic hydroxyl groups is 2. The molecule has 0 saturated heterocycles. The average molecular weight is 222 g/mol. The summed E-state index contributed by atoms with van der Waals surface area (Å²) in [6.45, 7) is 0. The molecule has 0 amide bonds. The van der Waals surface area contributed by atoms with E-state index >= 15 is 0 Å². The first-order valence-electron chi connectivity index (χ1n) is 4.65. The molecule has 5 heteroatoms. The highest BCUT2D eigenvalue weighted by atomic mass is 16.8. The Bertz CT molecular complexity index is 461. The molecular weight excluding hydrogens is 212 g/mol. The highest BCUT2D eigenvalue weighted by Crippen LogP contribution is 2.35. The Labute approximate surface area is 91.2 Å². The summed E-state index contributed by atoms with van der Waals surface area (Å²) in [6.07, 6.45) is 2.30. The molecule has 3 N–H and O–H groups in total. The van der Waals surface area contributed by atoms with Crippen LogP contribution in [0.4, 0.5) is 0 Å². The van der Waals surface area contributed by atoms with Gasteiger partial charge in [-0.25, -0.2) is 4.79 Å². The van der Waals surface area contributed by atoms with E-state index in [2.05, 4.69) is 0 Å². The molecule has 1 aliphatic heterocycles. The average Bonchev–Trinajstić information content (AvgIpc) is 2.48. The molecule has 5 nitrogen and oxygen atoms in total. The van der Waals surface area contributed by atoms with Gasteiger partial charge in [0.05, 0.1) is 6.42 Å². The molecule has 0 fully saturated rings. The van der Waals surface area contributed by atoms with Gasteiger partial charge in [-0.05, 0) is 17.7 Å². The van der Waals surface area contributed by atoms with Crippen molar-refractivity contribution in [2.45, 2.75) is 12.4 Å². The molecule has 84 valence electrons. The number of carboxylic acid groups (broad SMARTS) is 1. The van der Waals surface area contributed by atoms with Gasteiger partial charge in [-0.2, -0.15) is 0 Å². The van der Waals surface area contributed by atoms with Crippen molar-refractivity contribution in [3.63, 3.8) is 0 Å². The van der Waals surface area contributed by atoms with E-state index in [1.54, 1.807) is 18.2 Å². The van der Waals surface area contributed by atoms with Crippen LogP contribution in [0.25, 0.3) is 6.08 Å². The SMILES string of the molecule is O=C(O)/C=C/c1cccc2c1CC(O)(O)O2. The molecule has 0 aliphatic carbocycles. The molecule has 2 rings (SSSR count). The lowest BCUT2D eigenvalue weighted by atomic mass is 10.0. The molecule has 0 bridgehead atoms. The first kappa shape index (κ1) is 10.7. The summed E-state index contributed by atoms with van der Waals surface area (Å²) in [5, 5.41) is 27.1. The summed E-state index contributed by atoms with van der Waals surface area (Å²) in [5.74, 6) is -2.90. The van der Waals surface area contributed by atoms with Crippen molar-refractivity contribution in [2.24, 2.45) is 0 Å². The van der Waals surface area contributed by atoms with Crippen molar-refractivity contribution in [1.82, 2.24) is 0 Å². The monoisotopic (exact) mass is 222 g/mol. The number of carbonyl (C=O) groups is 1. The number of hydrogen-bond donors (Lipinski definition) is 3. The lowest BCUT2D eigenvalue weighted by Gasteiger charge is -2.12. The van der Waals surface area contributed by atoms with Gasteiger partial charge in [0, 0.05) is 11.6 Å². The third-order valence-electron chi connectivity index (χ3n) is 2.26. The maximum absolute atomic E-state index is 10.4. The Morgan fingerprint density at radius 2 is 2.19 bits per heavy atom. The van der Waals surface area contributed by atoms with Crippen molar-refractivity contribution in [1.29, 1.82) is 0 Å². The number of fused-ring (bicyclic) bond motifs is 1. The fourth-order valence-electron chi connectivity index (χ4n) is 1.63. The Hall–Kier alpha value is -1.85. The number of ether oxygens (including phenoxy) is 1. The molecule has 1 aromatic rings. The van der Waals surface area contributed by atoms with E-state index in [1.165, 1.54) is 6.08 Å². The van der Waals surface area contributed by atoms with E-state index in [1.807, 2.05) is 0 Å². The molecule has 0 unspecified atom stereocenters. The maximum atomic E-state index is 10.4. The van der Waals surface area contributed by atoms with Crippen molar-refractivity contribution < 1.29 is 24.9 Å². The number of carboxylic acids is 1. The Balaban J connectivity index is 2.37. The van der Waals surface area contributed by atoms with E-state index in [-0.39, 0.29) is 6.42 Å². The predicted molar refractivity (Wildman–Crippen MR) is 54.6 cm³/mol. The first-order valence-corrected chi connectivity index (χ1v) is 4.65. The zero-order valence-corrected chi connectivity index (χ0v) is 8.25. The minimum atomic E-state index is -2.20. The summed E-state index contributed by atoms with van der Waals surface area (Å²) < 4.78 is 4.87. The van der Waals surface area contributed by atoms with E-state index in [0.717, 1.165) is 6.08 Å². The van der Waals surface area contributed by atoms with Crippen LogP contribution >= 0.6 is 0 Å². The standard InChI is InChI=1S/C11H10O5/c12-10(13)5-4-7-2-1-3-9-8(7)6-11(14,15)16-9/h1-5,14-15H,6H2,(H,12,13)/b5-4+. The van der Waals surface area contributed by atoms with Crippen molar-refractivity contribution in [3.8, 4) is 5.75 Å². The minimum absolute atomic E-state index is 0.0809. The van der Waals surface area contributed by atoms with Gasteiger partial charge in [-0.3, -0.25) is 0 Å². The quantitative estimate of drug-likeness (QED) is 0.496. The Morgan fingerprint density at radius 1 is 1.44 bits per heavy atom. The zero-order valence-electron chi connectivity index (χ0n) is 8.25. The van der Waals surface area contributed by atoms with Gasteiger partial charge in [-0.1, -0.05) is 12.1 Å². The van der Waals surface area contributed by atoms with Crippen LogP contribution in [0.2, 0.25) is 0 Å². The van der Waals surface area contributed by atoms with Gasteiger partial charge >= 0.3 is 11.9 Å². The van der Waals surface area contributed by atoms with Crippen LogP contribution in [-0.2, 0) is 11.2 Å². The molecule has 16 heavy (non-hydrogen) atoms. The zero-order chi connectivity index (χ0) is 11.8. The van der Waals surface area contributed by atoms with E-state index in [9.17, 15) is 15.0 Å². The highest BCUT2D eigenvalue weighted by molar-refractivity contribution is 5.85. The Morgan fingerprint density at radius 3 is 2.88 bits per heavy atom. The van der Waals surface area contributed by atoms with E-state index < -0.39 is 11.9 Å². The van der Waals surface area contributed by atoms with Gasteiger partial charge < -0.3 is 20.1 Å². The second kappa shape index (κ2) is 3.62. The smallest absolute Gasteiger partial charge is 0.328 e. The Kier molecular flexibility index (Phi) is 2.41. The normalized spacial score (nSPS) is 17.1. The van der Waals surface area contributed by atoms with Crippen molar-refractivity contribution >= 4 is 12.0 Å². The van der Waals surface area contributed by atoms with Gasteiger partial charge in [0.1, 0.15) is 5.75 Å². The first-order chi connectivity index (χ1) is 7.48. The molecule has 0 atom stereocenters. The van der Waals surface area contributed by atoms with Crippen LogP contribution in [0, 0.1) is 0 Å². The van der Waals surface area contributed by atoms with Crippen LogP contribution < -0.4 is 4.74 Å². The van der Waals surface area contributed by atoms with Crippen LogP contribution in [0.15, 0.2) is 24.3 Å². The van der Waals surface area contributed by atoms with Crippen molar-refractivity contribution in [2.75, 3.05) is 0 Å². The van der Waals surface area contributed by atoms with Crippen LogP contribution in [0.3, 0.4) is 0 Å². The van der Waals surface area contributed by atoms with Gasteiger partial charge in [0.2, 0.25) is 0 Å². The molecule has 1 aliphatic rings. The molecule has 1 heterocycles. The molecular formula is C11H10O5. The molecule has 1 aromatic carbocycles. The maximum Gasteiger partial charge on any atom is 0.328 e. The predicted octanol–water partition coefficient (Wildman–Crippen LogP) is 0.358. The second-order valence-electron chi connectivity index (χ2n) is 3.52. The fraction of sp³-hybridized carbons (Fsp3) is 0.182. The fourth-order valence-corrected chi connectivity index (χ4v) is 1.63. The molecule has 0 radical (unpaired) electrons.